The second-order valence-electron chi connectivity index (χ2n) is 6.02. The molecule has 26 heavy (non-hydrogen) atoms. The standard InChI is InChI=1S/C21H20N2O3/c1-15-5-9-17(10-6-15)22-20(24)19-4-3-13-23(21(19)25)14-16-7-11-18(26-2)12-8-16/h3-13H,14H2,1-2H3,(H,22,24). The van der Waals surface area contributed by atoms with Crippen LogP contribution in [0.3, 0.4) is 0 Å². The predicted octanol–water partition coefficient (Wildman–Crippen LogP) is 3.47. The SMILES string of the molecule is COc1ccc(Cn2cccc(C(=O)Nc3ccc(C)cc3)c2=O)cc1. The van der Waals surface area contributed by atoms with Gasteiger partial charge in [-0.25, -0.2) is 0 Å². The summed E-state index contributed by atoms with van der Waals surface area (Å²) in [7, 11) is 1.61. The number of rotatable bonds is 5. The van der Waals surface area contributed by atoms with E-state index in [-0.39, 0.29) is 11.1 Å². The van der Waals surface area contributed by atoms with Crippen molar-refractivity contribution in [3.8, 4) is 5.75 Å². The maximum absolute atomic E-state index is 12.7. The summed E-state index contributed by atoms with van der Waals surface area (Å²) in [6, 6.07) is 18.1. The summed E-state index contributed by atoms with van der Waals surface area (Å²) in [5, 5.41) is 2.76. The number of methoxy groups -OCH3 is 1. The number of amides is 1. The van der Waals surface area contributed by atoms with Crippen LogP contribution in [0.2, 0.25) is 0 Å². The molecule has 1 heterocycles. The van der Waals surface area contributed by atoms with Crippen LogP contribution in [0.5, 0.6) is 5.75 Å². The minimum absolute atomic E-state index is 0.113. The van der Waals surface area contributed by atoms with Gasteiger partial charge in [-0.15, -0.1) is 0 Å². The quantitative estimate of drug-likeness (QED) is 0.768. The molecule has 2 aromatic carbocycles. The van der Waals surface area contributed by atoms with Crippen LogP contribution >= 0.6 is 0 Å². The molecule has 5 heteroatoms. The van der Waals surface area contributed by atoms with Crippen LogP contribution in [-0.2, 0) is 6.54 Å². The summed E-state index contributed by atoms with van der Waals surface area (Å²) in [4.78, 5) is 25.1. The first-order valence-electron chi connectivity index (χ1n) is 8.27. The van der Waals surface area contributed by atoms with Crippen LogP contribution in [0, 0.1) is 6.92 Å². The van der Waals surface area contributed by atoms with E-state index in [2.05, 4.69) is 5.32 Å². The molecule has 3 rings (SSSR count). The van der Waals surface area contributed by atoms with E-state index in [0.717, 1.165) is 16.9 Å². The van der Waals surface area contributed by atoms with Crippen LogP contribution in [0.25, 0.3) is 0 Å². The van der Waals surface area contributed by atoms with Gasteiger partial charge in [-0.1, -0.05) is 29.8 Å². The lowest BCUT2D eigenvalue weighted by atomic mass is 10.2. The molecule has 0 aliphatic rings. The zero-order valence-electron chi connectivity index (χ0n) is 14.7. The average Bonchev–Trinajstić information content (AvgIpc) is 2.66. The number of aryl methyl sites for hydroxylation is 1. The Kier molecular flexibility index (Phi) is 5.17. The zero-order chi connectivity index (χ0) is 18.5. The van der Waals surface area contributed by atoms with E-state index in [0.29, 0.717) is 12.2 Å². The van der Waals surface area contributed by atoms with Crippen molar-refractivity contribution >= 4 is 11.6 Å². The number of ether oxygens (including phenoxy) is 1. The fraction of sp³-hybridized carbons (Fsp3) is 0.143. The number of carbonyl (C=O) groups excluding carboxylic acids is 1. The lowest BCUT2D eigenvalue weighted by molar-refractivity contribution is 0.102. The monoisotopic (exact) mass is 348 g/mol. The van der Waals surface area contributed by atoms with Crippen LogP contribution < -0.4 is 15.6 Å². The Labute approximate surface area is 151 Å². The third-order valence-electron chi connectivity index (χ3n) is 4.09. The van der Waals surface area contributed by atoms with Crippen molar-refractivity contribution < 1.29 is 9.53 Å². The molecule has 0 spiro atoms. The van der Waals surface area contributed by atoms with Crippen LogP contribution in [0.15, 0.2) is 71.7 Å². The summed E-state index contributed by atoms with van der Waals surface area (Å²) < 4.78 is 6.66. The maximum atomic E-state index is 12.7. The van der Waals surface area contributed by atoms with E-state index in [1.807, 2.05) is 55.5 Å². The Balaban J connectivity index is 1.80. The number of nitrogens with one attached hydrogen (secondary N) is 1. The molecular formula is C21H20N2O3. The Bertz CT molecular complexity index is 958. The zero-order valence-corrected chi connectivity index (χ0v) is 14.7. The van der Waals surface area contributed by atoms with Gasteiger partial charge < -0.3 is 14.6 Å². The number of benzene rings is 2. The molecule has 0 unspecified atom stereocenters. The van der Waals surface area contributed by atoms with E-state index >= 15 is 0 Å². The predicted molar refractivity (Wildman–Crippen MR) is 102 cm³/mol. The van der Waals surface area contributed by atoms with Gasteiger partial charge in [0.25, 0.3) is 11.5 Å². The molecule has 0 atom stereocenters. The molecule has 0 saturated heterocycles. The van der Waals surface area contributed by atoms with Crippen molar-refractivity contribution in [3.63, 3.8) is 0 Å². The Morgan fingerprint density at radius 1 is 1.04 bits per heavy atom. The molecule has 5 nitrogen and oxygen atoms in total. The van der Waals surface area contributed by atoms with Gasteiger partial charge in [-0.3, -0.25) is 9.59 Å². The van der Waals surface area contributed by atoms with Gasteiger partial charge in [0.1, 0.15) is 11.3 Å². The van der Waals surface area contributed by atoms with E-state index in [1.165, 1.54) is 10.6 Å². The molecule has 3 aromatic rings. The summed E-state index contributed by atoms with van der Waals surface area (Å²) in [6.07, 6.45) is 1.68. The van der Waals surface area contributed by atoms with Crippen molar-refractivity contribution in [2.75, 3.05) is 12.4 Å². The Morgan fingerprint density at radius 2 is 1.73 bits per heavy atom. The number of hydrogen-bond acceptors (Lipinski definition) is 3. The molecule has 0 bridgehead atoms. The molecule has 0 radical (unpaired) electrons. The van der Waals surface area contributed by atoms with Crippen molar-refractivity contribution in [2.24, 2.45) is 0 Å². The molecule has 0 aliphatic carbocycles. The lowest BCUT2D eigenvalue weighted by Crippen LogP contribution is -2.29. The van der Waals surface area contributed by atoms with E-state index < -0.39 is 5.91 Å². The lowest BCUT2D eigenvalue weighted by Gasteiger charge is -2.10. The smallest absolute Gasteiger partial charge is 0.263 e. The number of nitrogens with zero attached hydrogens (tertiary/aromatic N) is 1. The molecular weight excluding hydrogens is 328 g/mol. The number of hydrogen-bond donors (Lipinski definition) is 1. The second kappa shape index (κ2) is 7.70. The van der Waals surface area contributed by atoms with E-state index in [4.69, 9.17) is 4.74 Å². The molecule has 0 aliphatic heterocycles. The van der Waals surface area contributed by atoms with Crippen LogP contribution in [0.4, 0.5) is 5.69 Å². The molecule has 132 valence electrons. The molecule has 0 saturated carbocycles. The minimum atomic E-state index is -0.414. The molecule has 1 amide bonds. The third-order valence-corrected chi connectivity index (χ3v) is 4.09. The van der Waals surface area contributed by atoms with Gasteiger partial charge in [-0.05, 0) is 48.9 Å². The molecule has 1 N–H and O–H groups in total. The highest BCUT2D eigenvalue weighted by Gasteiger charge is 2.12. The van der Waals surface area contributed by atoms with E-state index in [1.54, 1.807) is 19.4 Å². The Hall–Kier alpha value is -3.34. The van der Waals surface area contributed by atoms with Gasteiger partial charge in [0.15, 0.2) is 0 Å². The summed E-state index contributed by atoms with van der Waals surface area (Å²) in [5.41, 5.74) is 2.49. The number of pyridine rings is 1. The van der Waals surface area contributed by atoms with Crippen molar-refractivity contribution in [1.29, 1.82) is 0 Å². The summed E-state index contributed by atoms with van der Waals surface area (Å²) >= 11 is 0. The normalized spacial score (nSPS) is 10.4. The maximum Gasteiger partial charge on any atom is 0.263 e. The van der Waals surface area contributed by atoms with Crippen molar-refractivity contribution in [2.45, 2.75) is 13.5 Å². The van der Waals surface area contributed by atoms with Crippen molar-refractivity contribution in [1.82, 2.24) is 4.57 Å². The van der Waals surface area contributed by atoms with E-state index in [9.17, 15) is 9.59 Å². The molecule has 1 aromatic heterocycles. The fourth-order valence-electron chi connectivity index (χ4n) is 2.60. The molecule has 0 fully saturated rings. The summed E-state index contributed by atoms with van der Waals surface area (Å²) in [6.45, 7) is 2.36. The minimum Gasteiger partial charge on any atom is -0.497 e. The number of carbonyl (C=O) groups is 1. The fourth-order valence-corrected chi connectivity index (χ4v) is 2.60. The highest BCUT2D eigenvalue weighted by Crippen LogP contribution is 2.12. The number of anilines is 1. The highest BCUT2D eigenvalue weighted by atomic mass is 16.5. The van der Waals surface area contributed by atoms with Crippen LogP contribution in [0.1, 0.15) is 21.5 Å². The van der Waals surface area contributed by atoms with Gasteiger partial charge in [0.05, 0.1) is 13.7 Å². The second-order valence-corrected chi connectivity index (χ2v) is 6.02. The van der Waals surface area contributed by atoms with Gasteiger partial charge >= 0.3 is 0 Å². The first-order chi connectivity index (χ1) is 12.6. The third kappa shape index (κ3) is 4.00. The highest BCUT2D eigenvalue weighted by molar-refractivity contribution is 6.03. The largest absolute Gasteiger partial charge is 0.497 e. The first kappa shape index (κ1) is 17.5. The number of aromatic nitrogens is 1. The van der Waals surface area contributed by atoms with Crippen LogP contribution in [-0.4, -0.2) is 17.6 Å². The Morgan fingerprint density at radius 3 is 2.38 bits per heavy atom. The van der Waals surface area contributed by atoms with Crippen molar-refractivity contribution in [3.05, 3.63) is 93.9 Å². The van der Waals surface area contributed by atoms with Gasteiger partial charge in [-0.2, -0.15) is 0 Å². The first-order valence-corrected chi connectivity index (χ1v) is 8.27. The topological polar surface area (TPSA) is 60.3 Å². The summed E-state index contributed by atoms with van der Waals surface area (Å²) in [5.74, 6) is 0.343. The average molecular weight is 348 g/mol. The van der Waals surface area contributed by atoms with Gasteiger partial charge in [0.2, 0.25) is 0 Å². The van der Waals surface area contributed by atoms with Gasteiger partial charge in [0, 0.05) is 11.9 Å².